The molecule has 0 amide bonds. The average Bonchev–Trinajstić information content (AvgIpc) is 3.47. The standard InChI is InChI=1S/C23H35FN6.HI/c1-3-27-12-14-29(15-13-27)22-7-6-19(16-21(22)24)17-26-23(25-2)30-11-8-20(18-30)28-9-4-5-10-28;/h4-7,16,20H,3,8-15,17-18H2,1-2H3,(H,25,26);1H. The Hall–Kier alpha value is -1.39. The van der Waals surface area contributed by atoms with Crippen LogP contribution in [0.15, 0.2) is 35.3 Å². The van der Waals surface area contributed by atoms with E-state index in [1.165, 1.54) is 0 Å². The molecular formula is C23H36FIN6. The predicted octanol–water partition coefficient (Wildman–Crippen LogP) is 2.61. The van der Waals surface area contributed by atoms with Gasteiger partial charge in [-0.2, -0.15) is 0 Å². The number of halogens is 2. The third kappa shape index (κ3) is 5.90. The number of likely N-dealkylation sites (N-methyl/N-ethyl adjacent to an activating group) is 1. The fourth-order valence-corrected chi connectivity index (χ4v) is 4.76. The van der Waals surface area contributed by atoms with Gasteiger partial charge in [-0.25, -0.2) is 4.39 Å². The van der Waals surface area contributed by atoms with Gasteiger partial charge in [0, 0.05) is 72.0 Å². The molecule has 2 fully saturated rings. The zero-order valence-corrected chi connectivity index (χ0v) is 21.1. The Morgan fingerprint density at radius 3 is 2.52 bits per heavy atom. The Kier molecular flexibility index (Phi) is 8.97. The van der Waals surface area contributed by atoms with Gasteiger partial charge in [-0.3, -0.25) is 9.89 Å². The topological polar surface area (TPSA) is 37.4 Å². The van der Waals surface area contributed by atoms with Gasteiger partial charge in [0.15, 0.2) is 5.96 Å². The number of hydrogen-bond acceptors (Lipinski definition) is 4. The summed E-state index contributed by atoms with van der Waals surface area (Å²) in [5.41, 5.74) is 1.67. The van der Waals surface area contributed by atoms with E-state index in [0.29, 0.717) is 12.6 Å². The van der Waals surface area contributed by atoms with E-state index in [4.69, 9.17) is 0 Å². The fourth-order valence-electron chi connectivity index (χ4n) is 4.76. The Balaban J connectivity index is 0.00000272. The van der Waals surface area contributed by atoms with E-state index in [9.17, 15) is 4.39 Å². The molecule has 0 saturated carbocycles. The molecule has 3 aliphatic rings. The smallest absolute Gasteiger partial charge is 0.193 e. The highest BCUT2D eigenvalue weighted by molar-refractivity contribution is 14.0. The predicted molar refractivity (Wildman–Crippen MR) is 137 cm³/mol. The van der Waals surface area contributed by atoms with Crippen LogP contribution in [0, 0.1) is 5.82 Å². The highest BCUT2D eigenvalue weighted by Crippen LogP contribution is 2.22. The molecule has 1 atom stereocenters. The Bertz CT molecular complexity index is 769. The third-order valence-corrected chi connectivity index (χ3v) is 6.66. The number of likely N-dealkylation sites (tertiary alicyclic amines) is 1. The molecule has 0 spiro atoms. The van der Waals surface area contributed by atoms with Crippen LogP contribution in [-0.2, 0) is 6.54 Å². The molecule has 2 saturated heterocycles. The minimum atomic E-state index is -0.128. The van der Waals surface area contributed by atoms with Crippen LogP contribution in [-0.4, -0.2) is 92.7 Å². The number of aliphatic imine (C=N–C) groups is 1. The summed E-state index contributed by atoms with van der Waals surface area (Å²) in [6, 6.07) is 6.23. The summed E-state index contributed by atoms with van der Waals surface area (Å²) in [6.07, 6.45) is 5.66. The van der Waals surface area contributed by atoms with E-state index in [1.807, 2.05) is 19.2 Å². The monoisotopic (exact) mass is 542 g/mol. The number of guanidine groups is 1. The highest BCUT2D eigenvalue weighted by Gasteiger charge is 2.29. The van der Waals surface area contributed by atoms with Crippen LogP contribution in [0.5, 0.6) is 0 Å². The van der Waals surface area contributed by atoms with E-state index in [2.05, 4.69) is 49.0 Å². The van der Waals surface area contributed by atoms with Gasteiger partial charge in [0.2, 0.25) is 0 Å². The number of nitrogens with zero attached hydrogens (tertiary/aromatic N) is 5. The molecule has 4 rings (SSSR count). The van der Waals surface area contributed by atoms with Gasteiger partial charge in [-0.15, -0.1) is 24.0 Å². The number of piperazine rings is 1. The minimum absolute atomic E-state index is 0. The second-order valence-electron chi connectivity index (χ2n) is 8.42. The van der Waals surface area contributed by atoms with E-state index in [0.717, 1.165) is 82.5 Å². The van der Waals surface area contributed by atoms with Crippen molar-refractivity contribution in [3.05, 3.63) is 41.7 Å². The number of benzene rings is 1. The summed E-state index contributed by atoms with van der Waals surface area (Å²) in [7, 11) is 1.83. The molecule has 1 aromatic carbocycles. The summed E-state index contributed by atoms with van der Waals surface area (Å²) < 4.78 is 14.8. The summed E-state index contributed by atoms with van der Waals surface area (Å²) in [5.74, 6) is 0.779. The van der Waals surface area contributed by atoms with Crippen LogP contribution in [0.4, 0.5) is 10.1 Å². The number of anilines is 1. The van der Waals surface area contributed by atoms with Crippen molar-refractivity contribution in [1.82, 2.24) is 20.0 Å². The molecule has 3 heterocycles. The van der Waals surface area contributed by atoms with Gasteiger partial charge in [0.05, 0.1) is 5.69 Å². The molecule has 1 aromatic rings. The SMILES string of the molecule is CCN1CCN(c2ccc(CNC(=NC)N3CCC(N4CC=CC4)C3)cc2F)CC1.I. The van der Waals surface area contributed by atoms with Gasteiger partial charge in [-0.1, -0.05) is 25.1 Å². The molecular weight excluding hydrogens is 506 g/mol. The van der Waals surface area contributed by atoms with Crippen molar-refractivity contribution in [3.8, 4) is 0 Å². The quantitative estimate of drug-likeness (QED) is 0.268. The second kappa shape index (κ2) is 11.5. The van der Waals surface area contributed by atoms with E-state index in [1.54, 1.807) is 6.07 Å². The van der Waals surface area contributed by atoms with Crippen molar-refractivity contribution in [1.29, 1.82) is 0 Å². The lowest BCUT2D eigenvalue weighted by atomic mass is 10.1. The van der Waals surface area contributed by atoms with Gasteiger partial charge < -0.3 is 20.0 Å². The summed E-state index contributed by atoms with van der Waals surface area (Å²) in [6.45, 7) is 11.7. The highest BCUT2D eigenvalue weighted by atomic mass is 127. The van der Waals surface area contributed by atoms with E-state index < -0.39 is 0 Å². The molecule has 31 heavy (non-hydrogen) atoms. The molecule has 0 bridgehead atoms. The average molecular weight is 542 g/mol. The van der Waals surface area contributed by atoms with Crippen LogP contribution in [0.25, 0.3) is 0 Å². The first-order valence-corrected chi connectivity index (χ1v) is 11.3. The molecule has 8 heteroatoms. The molecule has 6 nitrogen and oxygen atoms in total. The number of hydrogen-bond donors (Lipinski definition) is 1. The molecule has 3 aliphatic heterocycles. The third-order valence-electron chi connectivity index (χ3n) is 6.66. The Labute approximate surface area is 203 Å². The molecule has 172 valence electrons. The van der Waals surface area contributed by atoms with Crippen LogP contribution in [0.1, 0.15) is 18.9 Å². The molecule has 0 radical (unpaired) electrons. The summed E-state index contributed by atoms with van der Waals surface area (Å²) >= 11 is 0. The maximum absolute atomic E-state index is 14.8. The largest absolute Gasteiger partial charge is 0.367 e. The van der Waals surface area contributed by atoms with Crippen molar-refractivity contribution in [2.75, 3.05) is 70.9 Å². The Morgan fingerprint density at radius 2 is 1.87 bits per heavy atom. The van der Waals surface area contributed by atoms with E-state index in [-0.39, 0.29) is 29.8 Å². The van der Waals surface area contributed by atoms with Crippen LogP contribution in [0.2, 0.25) is 0 Å². The van der Waals surface area contributed by atoms with Crippen LogP contribution in [0.3, 0.4) is 0 Å². The first-order chi connectivity index (χ1) is 14.7. The lowest BCUT2D eigenvalue weighted by Gasteiger charge is -2.35. The van der Waals surface area contributed by atoms with Gasteiger partial charge in [-0.05, 0) is 30.7 Å². The zero-order valence-electron chi connectivity index (χ0n) is 18.8. The van der Waals surface area contributed by atoms with Crippen molar-refractivity contribution in [2.45, 2.75) is 25.9 Å². The normalized spacial score (nSPS) is 22.8. The van der Waals surface area contributed by atoms with Crippen LogP contribution >= 0.6 is 24.0 Å². The fraction of sp³-hybridized carbons (Fsp3) is 0.609. The molecule has 1 unspecified atom stereocenters. The number of nitrogens with one attached hydrogen (secondary N) is 1. The summed E-state index contributed by atoms with van der Waals surface area (Å²) in [5, 5.41) is 3.43. The molecule has 0 aromatic heterocycles. The minimum Gasteiger partial charge on any atom is -0.367 e. The van der Waals surface area contributed by atoms with Crippen LogP contribution < -0.4 is 10.2 Å². The van der Waals surface area contributed by atoms with Crippen molar-refractivity contribution in [2.24, 2.45) is 4.99 Å². The van der Waals surface area contributed by atoms with Gasteiger partial charge >= 0.3 is 0 Å². The zero-order chi connectivity index (χ0) is 20.9. The second-order valence-corrected chi connectivity index (χ2v) is 8.42. The maximum Gasteiger partial charge on any atom is 0.193 e. The molecule has 1 N–H and O–H groups in total. The first kappa shape index (κ1) is 24.3. The lowest BCUT2D eigenvalue weighted by molar-refractivity contribution is 0.259. The van der Waals surface area contributed by atoms with E-state index >= 15 is 0 Å². The van der Waals surface area contributed by atoms with Crippen molar-refractivity contribution in [3.63, 3.8) is 0 Å². The van der Waals surface area contributed by atoms with Crippen molar-refractivity contribution < 1.29 is 4.39 Å². The lowest BCUT2D eigenvalue weighted by Crippen LogP contribution is -2.46. The molecule has 0 aliphatic carbocycles. The van der Waals surface area contributed by atoms with Crippen molar-refractivity contribution >= 4 is 35.6 Å². The number of rotatable bonds is 5. The van der Waals surface area contributed by atoms with Gasteiger partial charge in [0.25, 0.3) is 0 Å². The first-order valence-electron chi connectivity index (χ1n) is 11.3. The van der Waals surface area contributed by atoms with Gasteiger partial charge in [0.1, 0.15) is 5.82 Å². The Morgan fingerprint density at radius 1 is 1.13 bits per heavy atom. The summed E-state index contributed by atoms with van der Waals surface area (Å²) in [4.78, 5) is 13.9. The maximum atomic E-state index is 14.8.